The standard InChI is InChI=1S/C23H24FN3O3S/c24-18-7-4-8-19-21(18)17(14-30-16-5-2-1-3-6-16)22(31-19)23(29)26-15-9-11-27(12-10-15)13-20(25)28/h1-8,15H,9-14H2,(H2,25,28)(H,26,29). The normalized spacial score (nSPS) is 15.1. The fourth-order valence-corrected chi connectivity index (χ4v) is 4.99. The zero-order chi connectivity index (χ0) is 21.8. The Balaban J connectivity index is 1.52. The van der Waals surface area contributed by atoms with Crippen molar-refractivity contribution in [3.63, 3.8) is 0 Å². The van der Waals surface area contributed by atoms with Gasteiger partial charge in [0.1, 0.15) is 18.2 Å². The van der Waals surface area contributed by atoms with Crippen molar-refractivity contribution in [2.45, 2.75) is 25.5 Å². The first-order chi connectivity index (χ1) is 15.0. The van der Waals surface area contributed by atoms with Gasteiger partial charge in [-0.15, -0.1) is 11.3 Å². The molecule has 0 saturated carbocycles. The summed E-state index contributed by atoms with van der Waals surface area (Å²) in [5, 5.41) is 3.51. The van der Waals surface area contributed by atoms with E-state index in [0.717, 1.165) is 12.8 Å². The van der Waals surface area contributed by atoms with Gasteiger partial charge in [0.05, 0.1) is 11.4 Å². The van der Waals surface area contributed by atoms with Crippen LogP contribution in [0.2, 0.25) is 0 Å². The number of nitrogens with zero attached hydrogens (tertiary/aromatic N) is 1. The first kappa shape index (κ1) is 21.3. The maximum atomic E-state index is 14.6. The monoisotopic (exact) mass is 441 g/mol. The lowest BCUT2D eigenvalue weighted by Gasteiger charge is -2.31. The molecule has 162 valence electrons. The van der Waals surface area contributed by atoms with Crippen LogP contribution in [0.5, 0.6) is 5.75 Å². The molecule has 1 saturated heterocycles. The number of hydrogen-bond acceptors (Lipinski definition) is 5. The van der Waals surface area contributed by atoms with Crippen molar-refractivity contribution in [2.24, 2.45) is 5.73 Å². The van der Waals surface area contributed by atoms with E-state index >= 15 is 0 Å². The van der Waals surface area contributed by atoms with E-state index in [1.54, 1.807) is 6.07 Å². The van der Waals surface area contributed by atoms with Crippen LogP contribution in [0, 0.1) is 5.82 Å². The largest absolute Gasteiger partial charge is 0.489 e. The molecule has 1 fully saturated rings. The van der Waals surface area contributed by atoms with Crippen LogP contribution in [-0.2, 0) is 11.4 Å². The molecule has 0 radical (unpaired) electrons. The number of nitrogens with one attached hydrogen (secondary N) is 1. The quantitative estimate of drug-likeness (QED) is 0.589. The summed E-state index contributed by atoms with van der Waals surface area (Å²) in [5.74, 6) is -0.274. The summed E-state index contributed by atoms with van der Waals surface area (Å²) in [6.07, 6.45) is 1.46. The van der Waals surface area contributed by atoms with Crippen molar-refractivity contribution >= 4 is 33.2 Å². The van der Waals surface area contributed by atoms with E-state index in [2.05, 4.69) is 5.32 Å². The molecule has 3 N–H and O–H groups in total. The Morgan fingerprint density at radius 3 is 2.58 bits per heavy atom. The Morgan fingerprint density at radius 1 is 1.13 bits per heavy atom. The average Bonchev–Trinajstić information content (AvgIpc) is 3.14. The minimum absolute atomic E-state index is 0.00502. The summed E-state index contributed by atoms with van der Waals surface area (Å²) in [6.45, 7) is 1.72. The fourth-order valence-electron chi connectivity index (χ4n) is 3.87. The van der Waals surface area contributed by atoms with E-state index in [0.29, 0.717) is 39.4 Å². The highest BCUT2D eigenvalue weighted by Gasteiger charge is 2.26. The van der Waals surface area contributed by atoms with E-state index in [9.17, 15) is 14.0 Å². The Kier molecular flexibility index (Phi) is 6.48. The molecular weight excluding hydrogens is 417 g/mol. The molecule has 2 heterocycles. The number of hydrogen-bond donors (Lipinski definition) is 2. The molecule has 3 aromatic rings. The maximum absolute atomic E-state index is 14.6. The third-order valence-corrected chi connectivity index (χ3v) is 6.59. The second-order valence-electron chi connectivity index (χ2n) is 7.61. The highest BCUT2D eigenvalue weighted by molar-refractivity contribution is 7.21. The van der Waals surface area contributed by atoms with Crippen LogP contribution in [-0.4, -0.2) is 42.4 Å². The number of carbonyl (C=O) groups excluding carboxylic acids is 2. The number of benzene rings is 2. The number of likely N-dealkylation sites (tertiary alicyclic amines) is 1. The number of carbonyl (C=O) groups is 2. The zero-order valence-electron chi connectivity index (χ0n) is 17.0. The van der Waals surface area contributed by atoms with Gasteiger partial charge < -0.3 is 15.8 Å². The van der Waals surface area contributed by atoms with Crippen LogP contribution in [0.4, 0.5) is 4.39 Å². The van der Waals surface area contributed by atoms with Gasteiger partial charge in [-0.3, -0.25) is 14.5 Å². The predicted molar refractivity (Wildman–Crippen MR) is 119 cm³/mol. The fraction of sp³-hybridized carbons (Fsp3) is 0.304. The Hall–Kier alpha value is -2.97. The van der Waals surface area contributed by atoms with E-state index < -0.39 is 0 Å². The van der Waals surface area contributed by atoms with Crippen molar-refractivity contribution in [3.05, 3.63) is 64.8 Å². The van der Waals surface area contributed by atoms with Gasteiger partial charge in [-0.2, -0.15) is 0 Å². The average molecular weight is 442 g/mol. The number of amides is 2. The third kappa shape index (κ3) is 5.03. The van der Waals surface area contributed by atoms with E-state index in [1.807, 2.05) is 41.3 Å². The number of thiophene rings is 1. The number of primary amides is 1. The zero-order valence-corrected chi connectivity index (χ0v) is 17.8. The minimum Gasteiger partial charge on any atom is -0.489 e. The van der Waals surface area contributed by atoms with E-state index in [4.69, 9.17) is 10.5 Å². The second-order valence-corrected chi connectivity index (χ2v) is 8.67. The summed E-state index contributed by atoms with van der Waals surface area (Å²) in [4.78, 5) is 26.7. The Morgan fingerprint density at radius 2 is 1.87 bits per heavy atom. The van der Waals surface area contributed by atoms with Crippen LogP contribution in [0.3, 0.4) is 0 Å². The molecule has 8 heteroatoms. The molecule has 4 rings (SSSR count). The van der Waals surface area contributed by atoms with Gasteiger partial charge in [-0.25, -0.2) is 4.39 Å². The molecule has 1 aliphatic heterocycles. The highest BCUT2D eigenvalue weighted by Crippen LogP contribution is 2.34. The number of fused-ring (bicyclic) bond motifs is 1. The third-order valence-electron chi connectivity index (χ3n) is 5.40. The van der Waals surface area contributed by atoms with Crippen LogP contribution >= 0.6 is 11.3 Å². The summed E-state index contributed by atoms with van der Waals surface area (Å²) in [5.41, 5.74) is 5.82. The number of piperidine rings is 1. The van der Waals surface area contributed by atoms with Crippen LogP contribution in [0.25, 0.3) is 10.1 Å². The van der Waals surface area contributed by atoms with Crippen LogP contribution in [0.1, 0.15) is 28.1 Å². The van der Waals surface area contributed by atoms with E-state index in [-0.39, 0.29) is 36.8 Å². The number of ether oxygens (including phenoxy) is 1. The number of rotatable bonds is 7. The number of halogens is 1. The molecule has 0 bridgehead atoms. The van der Waals surface area contributed by atoms with Crippen molar-refractivity contribution in [3.8, 4) is 5.75 Å². The SMILES string of the molecule is NC(=O)CN1CCC(NC(=O)c2sc3cccc(F)c3c2COc2ccccc2)CC1. The molecule has 2 aromatic carbocycles. The van der Waals surface area contributed by atoms with Gasteiger partial charge >= 0.3 is 0 Å². The lowest BCUT2D eigenvalue weighted by molar-refractivity contribution is -0.119. The van der Waals surface area contributed by atoms with Gasteiger partial charge in [0.2, 0.25) is 5.91 Å². The van der Waals surface area contributed by atoms with Gasteiger partial charge in [-0.1, -0.05) is 24.3 Å². The smallest absolute Gasteiger partial charge is 0.262 e. The predicted octanol–water partition coefficient (Wildman–Crippen LogP) is 3.30. The Labute approximate surface area is 183 Å². The number of nitrogens with two attached hydrogens (primary N) is 1. The van der Waals surface area contributed by atoms with Crippen LogP contribution in [0.15, 0.2) is 48.5 Å². The first-order valence-corrected chi connectivity index (χ1v) is 11.0. The minimum atomic E-state index is -0.362. The van der Waals surface area contributed by atoms with Gasteiger partial charge in [0, 0.05) is 34.8 Å². The second kappa shape index (κ2) is 9.45. The summed E-state index contributed by atoms with van der Waals surface area (Å²) >= 11 is 1.28. The summed E-state index contributed by atoms with van der Waals surface area (Å²) < 4.78 is 21.2. The lowest BCUT2D eigenvalue weighted by atomic mass is 10.0. The lowest BCUT2D eigenvalue weighted by Crippen LogP contribution is -2.46. The molecule has 1 aliphatic rings. The van der Waals surface area contributed by atoms with Crippen molar-refractivity contribution in [1.82, 2.24) is 10.2 Å². The van der Waals surface area contributed by atoms with Crippen molar-refractivity contribution in [1.29, 1.82) is 0 Å². The molecule has 0 unspecified atom stereocenters. The highest BCUT2D eigenvalue weighted by atomic mass is 32.1. The first-order valence-electron chi connectivity index (χ1n) is 10.2. The molecule has 1 aromatic heterocycles. The van der Waals surface area contributed by atoms with Crippen LogP contribution < -0.4 is 15.8 Å². The molecule has 2 amide bonds. The van der Waals surface area contributed by atoms with Gasteiger partial charge in [-0.05, 0) is 37.1 Å². The summed E-state index contributed by atoms with van der Waals surface area (Å²) in [6, 6.07) is 14.1. The van der Waals surface area contributed by atoms with Gasteiger partial charge in [0.15, 0.2) is 0 Å². The maximum Gasteiger partial charge on any atom is 0.262 e. The van der Waals surface area contributed by atoms with E-state index in [1.165, 1.54) is 17.4 Å². The molecular formula is C23H24FN3O3S. The van der Waals surface area contributed by atoms with Crippen molar-refractivity contribution in [2.75, 3.05) is 19.6 Å². The molecule has 31 heavy (non-hydrogen) atoms. The molecule has 0 aliphatic carbocycles. The summed E-state index contributed by atoms with van der Waals surface area (Å²) in [7, 11) is 0. The Bertz CT molecular complexity index is 1080. The molecule has 0 atom stereocenters. The topological polar surface area (TPSA) is 84.7 Å². The number of para-hydroxylation sites is 1. The van der Waals surface area contributed by atoms with Crippen molar-refractivity contribution < 1.29 is 18.7 Å². The molecule has 0 spiro atoms. The molecule has 6 nitrogen and oxygen atoms in total. The van der Waals surface area contributed by atoms with Gasteiger partial charge in [0.25, 0.3) is 5.91 Å².